The Morgan fingerprint density at radius 2 is 2.33 bits per heavy atom. The van der Waals surface area contributed by atoms with Crippen LogP contribution in [0.4, 0.5) is 4.79 Å². The highest BCUT2D eigenvalue weighted by Gasteiger charge is 2.31. The highest BCUT2D eigenvalue weighted by atomic mass is 32.1. The van der Waals surface area contributed by atoms with Crippen LogP contribution in [0, 0.1) is 0 Å². The number of piperazine rings is 1. The number of carbonyl (C=O) groups excluding carboxylic acids is 1. The van der Waals surface area contributed by atoms with Gasteiger partial charge in [-0.3, -0.25) is 4.90 Å². The van der Waals surface area contributed by atoms with E-state index in [0.717, 1.165) is 13.1 Å². The standard InChI is InChI=1S/C13H20N2O2S/c1-13(2,3)17-12(16)15-6-5-14-8-11(15)10-4-7-18-9-10/h4,7,9,11,14H,5-6,8H2,1-3H3. The monoisotopic (exact) mass is 268 g/mol. The first-order chi connectivity index (χ1) is 8.47. The lowest BCUT2D eigenvalue weighted by Crippen LogP contribution is -2.50. The Kier molecular flexibility index (Phi) is 3.92. The summed E-state index contributed by atoms with van der Waals surface area (Å²) in [5, 5.41) is 7.46. The minimum atomic E-state index is -0.443. The number of amides is 1. The van der Waals surface area contributed by atoms with Crippen LogP contribution in [-0.4, -0.2) is 36.2 Å². The Bertz CT molecular complexity index is 398. The Labute approximate surface area is 112 Å². The van der Waals surface area contributed by atoms with Crippen molar-refractivity contribution in [3.05, 3.63) is 22.4 Å². The van der Waals surface area contributed by atoms with Crippen molar-refractivity contribution >= 4 is 17.4 Å². The molecule has 0 aromatic carbocycles. The van der Waals surface area contributed by atoms with Gasteiger partial charge in [-0.05, 0) is 43.2 Å². The van der Waals surface area contributed by atoms with Crippen molar-refractivity contribution in [2.24, 2.45) is 0 Å². The Morgan fingerprint density at radius 3 is 2.94 bits per heavy atom. The first-order valence-electron chi connectivity index (χ1n) is 6.20. The van der Waals surface area contributed by atoms with E-state index in [1.807, 2.05) is 31.1 Å². The van der Waals surface area contributed by atoms with Crippen LogP contribution in [0.15, 0.2) is 16.8 Å². The van der Waals surface area contributed by atoms with Crippen LogP contribution in [0.2, 0.25) is 0 Å². The van der Waals surface area contributed by atoms with Crippen molar-refractivity contribution in [1.29, 1.82) is 0 Å². The molecule has 18 heavy (non-hydrogen) atoms. The summed E-state index contributed by atoms with van der Waals surface area (Å²) in [6.07, 6.45) is -0.222. The highest BCUT2D eigenvalue weighted by Crippen LogP contribution is 2.25. The summed E-state index contributed by atoms with van der Waals surface area (Å²) < 4.78 is 5.47. The third-order valence-electron chi connectivity index (χ3n) is 2.80. The molecule has 1 saturated heterocycles. The van der Waals surface area contributed by atoms with Gasteiger partial charge in [0, 0.05) is 19.6 Å². The maximum Gasteiger partial charge on any atom is 0.410 e. The van der Waals surface area contributed by atoms with E-state index in [1.165, 1.54) is 5.56 Å². The van der Waals surface area contributed by atoms with E-state index in [0.29, 0.717) is 6.54 Å². The molecule has 1 unspecified atom stereocenters. The SMILES string of the molecule is CC(C)(C)OC(=O)N1CCNCC1c1ccsc1. The fourth-order valence-electron chi connectivity index (χ4n) is 2.01. The third-order valence-corrected chi connectivity index (χ3v) is 3.50. The first-order valence-corrected chi connectivity index (χ1v) is 7.14. The second-order valence-electron chi connectivity index (χ2n) is 5.45. The van der Waals surface area contributed by atoms with Crippen LogP contribution in [0.5, 0.6) is 0 Å². The molecule has 2 heterocycles. The van der Waals surface area contributed by atoms with Gasteiger partial charge in [0.25, 0.3) is 0 Å². The lowest BCUT2D eigenvalue weighted by molar-refractivity contribution is 0.0118. The molecule has 0 bridgehead atoms. The van der Waals surface area contributed by atoms with Crippen molar-refractivity contribution in [2.45, 2.75) is 32.4 Å². The maximum atomic E-state index is 12.2. The van der Waals surface area contributed by atoms with Crippen molar-refractivity contribution in [2.75, 3.05) is 19.6 Å². The molecule has 2 rings (SSSR count). The summed E-state index contributed by atoms with van der Waals surface area (Å²) in [6.45, 7) is 7.98. The molecule has 1 aromatic rings. The fraction of sp³-hybridized carbons (Fsp3) is 0.615. The van der Waals surface area contributed by atoms with Gasteiger partial charge in [-0.2, -0.15) is 11.3 Å². The van der Waals surface area contributed by atoms with Gasteiger partial charge >= 0.3 is 6.09 Å². The van der Waals surface area contributed by atoms with Gasteiger partial charge in [-0.15, -0.1) is 0 Å². The topological polar surface area (TPSA) is 41.6 Å². The highest BCUT2D eigenvalue weighted by molar-refractivity contribution is 7.07. The van der Waals surface area contributed by atoms with Crippen LogP contribution < -0.4 is 5.32 Å². The zero-order chi connectivity index (χ0) is 13.2. The number of rotatable bonds is 1. The van der Waals surface area contributed by atoms with Crippen LogP contribution in [0.1, 0.15) is 32.4 Å². The molecule has 0 spiro atoms. The van der Waals surface area contributed by atoms with Crippen LogP contribution in [0.3, 0.4) is 0 Å². The predicted molar refractivity (Wildman–Crippen MR) is 72.9 cm³/mol. The summed E-state index contributed by atoms with van der Waals surface area (Å²) in [6, 6.07) is 2.15. The molecule has 1 aliphatic heterocycles. The van der Waals surface area contributed by atoms with Gasteiger partial charge in [0.05, 0.1) is 6.04 Å². The molecule has 0 aliphatic carbocycles. The molecule has 1 atom stereocenters. The normalized spacial score (nSPS) is 20.8. The Balaban J connectivity index is 2.11. The average Bonchev–Trinajstić information content (AvgIpc) is 2.80. The van der Waals surface area contributed by atoms with Gasteiger partial charge in [0.1, 0.15) is 5.60 Å². The minimum absolute atomic E-state index is 0.0832. The minimum Gasteiger partial charge on any atom is -0.444 e. The van der Waals surface area contributed by atoms with E-state index in [4.69, 9.17) is 4.74 Å². The quantitative estimate of drug-likeness (QED) is 0.851. The van der Waals surface area contributed by atoms with Gasteiger partial charge in [0.15, 0.2) is 0 Å². The Hall–Kier alpha value is -1.07. The number of carbonyl (C=O) groups is 1. The summed E-state index contributed by atoms with van der Waals surface area (Å²) in [5.41, 5.74) is 0.735. The molecule has 100 valence electrons. The van der Waals surface area contributed by atoms with Gasteiger partial charge in [0.2, 0.25) is 0 Å². The predicted octanol–water partition coefficient (Wildman–Crippen LogP) is 2.63. The summed E-state index contributed by atoms with van der Waals surface area (Å²) in [7, 11) is 0. The van der Waals surface area contributed by atoms with E-state index in [2.05, 4.69) is 16.8 Å². The number of thiophene rings is 1. The van der Waals surface area contributed by atoms with Crippen molar-refractivity contribution < 1.29 is 9.53 Å². The van der Waals surface area contributed by atoms with E-state index >= 15 is 0 Å². The van der Waals surface area contributed by atoms with Gasteiger partial charge in [-0.25, -0.2) is 4.79 Å². The van der Waals surface area contributed by atoms with E-state index in [-0.39, 0.29) is 12.1 Å². The smallest absolute Gasteiger partial charge is 0.410 e. The first kappa shape index (κ1) is 13.4. The maximum absolute atomic E-state index is 12.2. The molecular weight excluding hydrogens is 248 g/mol. The molecule has 1 aliphatic rings. The molecule has 5 heteroatoms. The van der Waals surface area contributed by atoms with E-state index in [9.17, 15) is 4.79 Å². The zero-order valence-electron chi connectivity index (χ0n) is 11.1. The molecule has 1 aromatic heterocycles. The largest absolute Gasteiger partial charge is 0.444 e. The molecule has 1 N–H and O–H groups in total. The molecule has 4 nitrogen and oxygen atoms in total. The summed E-state index contributed by atoms with van der Waals surface area (Å²) >= 11 is 1.65. The fourth-order valence-corrected chi connectivity index (χ4v) is 2.71. The number of hydrogen-bond acceptors (Lipinski definition) is 4. The molecule has 0 saturated carbocycles. The van der Waals surface area contributed by atoms with Gasteiger partial charge in [-0.1, -0.05) is 0 Å². The van der Waals surface area contributed by atoms with Crippen molar-refractivity contribution in [1.82, 2.24) is 10.2 Å². The van der Waals surface area contributed by atoms with Gasteiger partial charge < -0.3 is 10.1 Å². The number of nitrogens with zero attached hydrogens (tertiary/aromatic N) is 1. The van der Waals surface area contributed by atoms with Crippen LogP contribution >= 0.6 is 11.3 Å². The summed E-state index contributed by atoms with van der Waals surface area (Å²) in [4.78, 5) is 14.0. The zero-order valence-corrected chi connectivity index (χ0v) is 11.9. The number of hydrogen-bond donors (Lipinski definition) is 1. The summed E-state index contributed by atoms with van der Waals surface area (Å²) in [5.74, 6) is 0. The lowest BCUT2D eigenvalue weighted by atomic mass is 10.1. The van der Waals surface area contributed by atoms with E-state index in [1.54, 1.807) is 11.3 Å². The Morgan fingerprint density at radius 1 is 1.56 bits per heavy atom. The average molecular weight is 268 g/mol. The third kappa shape index (κ3) is 3.23. The van der Waals surface area contributed by atoms with Crippen molar-refractivity contribution in [3.8, 4) is 0 Å². The molecule has 1 amide bonds. The molecule has 0 radical (unpaired) electrons. The second-order valence-corrected chi connectivity index (χ2v) is 6.23. The van der Waals surface area contributed by atoms with Crippen molar-refractivity contribution in [3.63, 3.8) is 0 Å². The lowest BCUT2D eigenvalue weighted by Gasteiger charge is -2.36. The molecular formula is C13H20N2O2S. The van der Waals surface area contributed by atoms with Crippen LogP contribution in [-0.2, 0) is 4.74 Å². The second kappa shape index (κ2) is 5.28. The number of ether oxygens (including phenoxy) is 1. The number of nitrogens with one attached hydrogen (secondary N) is 1. The molecule has 1 fully saturated rings. The van der Waals surface area contributed by atoms with E-state index < -0.39 is 5.60 Å². The van der Waals surface area contributed by atoms with Crippen LogP contribution in [0.25, 0.3) is 0 Å².